The van der Waals surface area contributed by atoms with Crippen LogP contribution in [0.4, 0.5) is 0 Å². The van der Waals surface area contributed by atoms with E-state index in [-0.39, 0.29) is 12.4 Å². The van der Waals surface area contributed by atoms with Gasteiger partial charge in [0.2, 0.25) is 0 Å². The van der Waals surface area contributed by atoms with E-state index in [0.717, 1.165) is 29.9 Å². The molecule has 1 heterocycles. The first-order valence-corrected chi connectivity index (χ1v) is 6.85. The second kappa shape index (κ2) is 8.00. The van der Waals surface area contributed by atoms with Crippen LogP contribution in [0.5, 0.6) is 5.75 Å². The minimum atomic E-state index is 0. The van der Waals surface area contributed by atoms with Crippen LogP contribution in [0.25, 0.3) is 0 Å². The summed E-state index contributed by atoms with van der Waals surface area (Å²) in [4.78, 5) is 2.44. The van der Waals surface area contributed by atoms with E-state index in [9.17, 15) is 0 Å². The molecule has 0 aromatic heterocycles. The van der Waals surface area contributed by atoms with Gasteiger partial charge in [-0.25, -0.2) is 0 Å². The van der Waals surface area contributed by atoms with Crippen LogP contribution in [0.2, 0.25) is 0 Å². The molecular formula is C13H20BrClN2O. The quantitative estimate of drug-likeness (QED) is 0.895. The molecular weight excluding hydrogens is 316 g/mol. The number of hydrogen-bond donors (Lipinski definition) is 1. The van der Waals surface area contributed by atoms with E-state index in [2.05, 4.69) is 26.1 Å². The van der Waals surface area contributed by atoms with E-state index in [4.69, 9.17) is 4.74 Å². The second-order valence-electron chi connectivity index (χ2n) is 4.38. The van der Waals surface area contributed by atoms with Crippen molar-refractivity contribution in [2.45, 2.75) is 12.5 Å². The summed E-state index contributed by atoms with van der Waals surface area (Å²) in [6.45, 7) is 4.07. The van der Waals surface area contributed by atoms with E-state index < -0.39 is 0 Å². The van der Waals surface area contributed by atoms with Gasteiger partial charge in [-0.15, -0.1) is 12.4 Å². The summed E-state index contributed by atoms with van der Waals surface area (Å²) < 4.78 is 6.79. The number of nitrogens with zero attached hydrogens (tertiary/aromatic N) is 1. The molecule has 5 heteroatoms. The zero-order valence-corrected chi connectivity index (χ0v) is 13.0. The van der Waals surface area contributed by atoms with Gasteiger partial charge >= 0.3 is 0 Å². The van der Waals surface area contributed by atoms with Crippen molar-refractivity contribution in [3.8, 4) is 5.75 Å². The van der Waals surface area contributed by atoms with Crippen molar-refractivity contribution >= 4 is 28.3 Å². The van der Waals surface area contributed by atoms with Crippen molar-refractivity contribution in [2.24, 2.45) is 0 Å². The average Bonchev–Trinajstić information content (AvgIpc) is 2.77. The van der Waals surface area contributed by atoms with Gasteiger partial charge in [0.1, 0.15) is 12.4 Å². The Labute approximate surface area is 123 Å². The van der Waals surface area contributed by atoms with Crippen molar-refractivity contribution in [3.05, 3.63) is 28.7 Å². The Morgan fingerprint density at radius 3 is 3.00 bits per heavy atom. The Hall–Kier alpha value is -0.290. The third-order valence-electron chi connectivity index (χ3n) is 3.15. The van der Waals surface area contributed by atoms with Crippen LogP contribution in [0.15, 0.2) is 28.7 Å². The Morgan fingerprint density at radius 2 is 2.33 bits per heavy atom. The van der Waals surface area contributed by atoms with Crippen LogP contribution in [-0.2, 0) is 0 Å². The fraction of sp³-hybridized carbons (Fsp3) is 0.538. The van der Waals surface area contributed by atoms with Crippen LogP contribution < -0.4 is 10.1 Å². The van der Waals surface area contributed by atoms with Gasteiger partial charge in [-0.1, -0.05) is 22.0 Å². The number of benzene rings is 1. The van der Waals surface area contributed by atoms with Crippen molar-refractivity contribution in [1.82, 2.24) is 10.2 Å². The average molecular weight is 336 g/mol. The number of halogens is 2. The number of likely N-dealkylation sites (N-methyl/N-ethyl adjacent to an activating group) is 1. The molecule has 1 aliphatic rings. The lowest BCUT2D eigenvalue weighted by Gasteiger charge is -2.16. The van der Waals surface area contributed by atoms with E-state index in [0.29, 0.717) is 6.04 Å². The number of nitrogens with one attached hydrogen (secondary N) is 1. The Balaban J connectivity index is 0.00000162. The second-order valence-corrected chi connectivity index (χ2v) is 5.30. The molecule has 102 valence electrons. The third-order valence-corrected chi connectivity index (χ3v) is 3.65. The van der Waals surface area contributed by atoms with Crippen LogP contribution in [0.3, 0.4) is 0 Å². The minimum Gasteiger partial charge on any atom is -0.492 e. The highest BCUT2D eigenvalue weighted by atomic mass is 79.9. The Morgan fingerprint density at radius 1 is 1.50 bits per heavy atom. The lowest BCUT2D eigenvalue weighted by atomic mass is 10.3. The van der Waals surface area contributed by atoms with Gasteiger partial charge in [0, 0.05) is 23.6 Å². The molecule has 1 unspecified atom stereocenters. The van der Waals surface area contributed by atoms with E-state index in [1.807, 2.05) is 31.3 Å². The molecule has 1 aliphatic heterocycles. The lowest BCUT2D eigenvalue weighted by Crippen LogP contribution is -2.31. The first kappa shape index (κ1) is 15.8. The molecule has 18 heavy (non-hydrogen) atoms. The summed E-state index contributed by atoms with van der Waals surface area (Å²) in [5, 5.41) is 3.32. The van der Waals surface area contributed by atoms with Gasteiger partial charge in [0.05, 0.1) is 0 Å². The van der Waals surface area contributed by atoms with Gasteiger partial charge in [0.25, 0.3) is 0 Å². The fourth-order valence-corrected chi connectivity index (χ4v) is 2.50. The molecule has 1 aromatic rings. The van der Waals surface area contributed by atoms with Crippen molar-refractivity contribution in [3.63, 3.8) is 0 Å². The minimum absolute atomic E-state index is 0. The molecule has 0 bridgehead atoms. The Kier molecular flexibility index (Phi) is 7.00. The monoisotopic (exact) mass is 334 g/mol. The maximum absolute atomic E-state index is 5.73. The van der Waals surface area contributed by atoms with E-state index >= 15 is 0 Å². The molecule has 1 fully saturated rings. The normalized spacial score (nSPS) is 19.6. The first-order chi connectivity index (χ1) is 8.28. The molecule has 0 spiro atoms. The molecule has 2 rings (SSSR count). The standard InChI is InChI=1S/C13H19BrN2O.ClH/c1-15-12-5-6-16(10-12)7-8-17-13-4-2-3-11(14)9-13;/h2-4,9,12,15H,5-8,10H2,1H3;1H. The molecule has 0 saturated carbocycles. The molecule has 1 atom stereocenters. The van der Waals surface area contributed by atoms with Crippen LogP contribution in [0.1, 0.15) is 6.42 Å². The SMILES string of the molecule is CNC1CCN(CCOc2cccc(Br)c2)C1.Cl. The summed E-state index contributed by atoms with van der Waals surface area (Å²) in [6.07, 6.45) is 1.24. The summed E-state index contributed by atoms with van der Waals surface area (Å²) in [5.41, 5.74) is 0. The zero-order chi connectivity index (χ0) is 12.1. The smallest absolute Gasteiger partial charge is 0.120 e. The van der Waals surface area contributed by atoms with Crippen molar-refractivity contribution in [1.29, 1.82) is 0 Å². The Bertz CT molecular complexity index is 365. The van der Waals surface area contributed by atoms with Gasteiger partial charge in [-0.3, -0.25) is 4.90 Å². The van der Waals surface area contributed by atoms with Gasteiger partial charge in [-0.2, -0.15) is 0 Å². The third kappa shape index (κ3) is 4.76. The fourth-order valence-electron chi connectivity index (χ4n) is 2.12. The van der Waals surface area contributed by atoms with E-state index in [1.54, 1.807) is 0 Å². The maximum Gasteiger partial charge on any atom is 0.120 e. The zero-order valence-electron chi connectivity index (χ0n) is 10.6. The van der Waals surface area contributed by atoms with E-state index in [1.165, 1.54) is 13.0 Å². The molecule has 0 radical (unpaired) electrons. The predicted molar refractivity (Wildman–Crippen MR) is 80.8 cm³/mol. The summed E-state index contributed by atoms with van der Waals surface area (Å²) >= 11 is 3.44. The summed E-state index contributed by atoms with van der Waals surface area (Å²) in [7, 11) is 2.03. The molecule has 0 aliphatic carbocycles. The first-order valence-electron chi connectivity index (χ1n) is 6.06. The predicted octanol–water partition coefficient (Wildman–Crippen LogP) is 2.54. The number of rotatable bonds is 5. The summed E-state index contributed by atoms with van der Waals surface area (Å²) in [6, 6.07) is 8.64. The van der Waals surface area contributed by atoms with Crippen molar-refractivity contribution in [2.75, 3.05) is 33.3 Å². The topological polar surface area (TPSA) is 24.5 Å². The molecule has 3 nitrogen and oxygen atoms in total. The molecule has 1 saturated heterocycles. The summed E-state index contributed by atoms with van der Waals surface area (Å²) in [5.74, 6) is 0.934. The highest BCUT2D eigenvalue weighted by Gasteiger charge is 2.20. The highest BCUT2D eigenvalue weighted by Crippen LogP contribution is 2.17. The lowest BCUT2D eigenvalue weighted by molar-refractivity contribution is 0.235. The van der Waals surface area contributed by atoms with Gasteiger partial charge in [0.15, 0.2) is 0 Å². The van der Waals surface area contributed by atoms with Crippen LogP contribution in [-0.4, -0.2) is 44.2 Å². The van der Waals surface area contributed by atoms with Crippen LogP contribution >= 0.6 is 28.3 Å². The highest BCUT2D eigenvalue weighted by molar-refractivity contribution is 9.10. The van der Waals surface area contributed by atoms with Gasteiger partial charge < -0.3 is 10.1 Å². The molecule has 1 aromatic carbocycles. The molecule has 1 N–H and O–H groups in total. The number of likely N-dealkylation sites (tertiary alicyclic amines) is 1. The van der Waals surface area contributed by atoms with Gasteiger partial charge in [-0.05, 0) is 38.2 Å². The van der Waals surface area contributed by atoms with Crippen molar-refractivity contribution < 1.29 is 4.74 Å². The number of hydrogen-bond acceptors (Lipinski definition) is 3. The van der Waals surface area contributed by atoms with Crippen LogP contribution in [0, 0.1) is 0 Å². The largest absolute Gasteiger partial charge is 0.492 e. The number of ether oxygens (including phenoxy) is 1. The maximum atomic E-state index is 5.73. The molecule has 0 amide bonds.